The Hall–Kier alpha value is -3.80. The molecule has 0 spiro atoms. The first-order valence-electron chi connectivity index (χ1n) is 12.9. The van der Waals surface area contributed by atoms with Crippen molar-refractivity contribution in [1.82, 2.24) is 5.43 Å². The number of carbonyl (C=O) groups excluding carboxylic acids is 1. The lowest BCUT2D eigenvalue weighted by Gasteiger charge is -2.28. The van der Waals surface area contributed by atoms with Gasteiger partial charge in [0, 0.05) is 6.42 Å². The van der Waals surface area contributed by atoms with Crippen molar-refractivity contribution in [3.05, 3.63) is 88.5 Å². The number of benzene rings is 3. The zero-order valence-corrected chi connectivity index (χ0v) is 23.6. The van der Waals surface area contributed by atoms with Crippen LogP contribution in [0.15, 0.2) is 65.8 Å². The van der Waals surface area contributed by atoms with E-state index in [1.54, 1.807) is 13.3 Å². The van der Waals surface area contributed by atoms with E-state index in [9.17, 15) is 9.90 Å². The molecular formula is C32H40N2O4. The number of hydrogen-bond acceptors (Lipinski definition) is 5. The van der Waals surface area contributed by atoms with Gasteiger partial charge in [-0.05, 0) is 63.3 Å². The molecule has 6 nitrogen and oxygen atoms in total. The van der Waals surface area contributed by atoms with Gasteiger partial charge in [-0.15, -0.1) is 0 Å². The number of rotatable bonds is 9. The van der Waals surface area contributed by atoms with Crippen LogP contribution in [0.4, 0.5) is 0 Å². The largest absolute Gasteiger partial charge is 0.507 e. The predicted molar refractivity (Wildman–Crippen MR) is 153 cm³/mol. The lowest BCUT2D eigenvalue weighted by molar-refractivity contribution is -0.121. The van der Waals surface area contributed by atoms with Crippen molar-refractivity contribution in [2.45, 2.75) is 71.8 Å². The Bertz CT molecular complexity index is 1230. The Morgan fingerprint density at radius 2 is 1.53 bits per heavy atom. The third-order valence-electron chi connectivity index (χ3n) is 6.25. The minimum atomic E-state index is -0.212. The summed E-state index contributed by atoms with van der Waals surface area (Å²) >= 11 is 0. The molecule has 0 aliphatic rings. The predicted octanol–water partition coefficient (Wildman–Crippen LogP) is 6.66. The fourth-order valence-electron chi connectivity index (χ4n) is 4.09. The van der Waals surface area contributed by atoms with Gasteiger partial charge >= 0.3 is 0 Å². The second-order valence-electron chi connectivity index (χ2n) is 11.5. The Balaban J connectivity index is 1.61. The number of hydrazone groups is 1. The number of aryl methyl sites for hydroxylation is 1. The van der Waals surface area contributed by atoms with Gasteiger partial charge in [0.25, 0.3) is 0 Å². The molecule has 0 aromatic heterocycles. The van der Waals surface area contributed by atoms with Crippen molar-refractivity contribution in [3.8, 4) is 17.2 Å². The first-order chi connectivity index (χ1) is 17.9. The van der Waals surface area contributed by atoms with Gasteiger partial charge in [-0.1, -0.05) is 84.0 Å². The van der Waals surface area contributed by atoms with Gasteiger partial charge in [0.1, 0.15) is 12.4 Å². The van der Waals surface area contributed by atoms with E-state index in [4.69, 9.17) is 9.47 Å². The van der Waals surface area contributed by atoms with E-state index < -0.39 is 0 Å². The van der Waals surface area contributed by atoms with Crippen LogP contribution in [0.2, 0.25) is 0 Å². The maximum atomic E-state index is 12.5. The van der Waals surface area contributed by atoms with E-state index in [2.05, 4.69) is 52.1 Å². The van der Waals surface area contributed by atoms with Crippen molar-refractivity contribution in [2.24, 2.45) is 5.10 Å². The van der Waals surface area contributed by atoms with Gasteiger partial charge in [0.2, 0.25) is 5.91 Å². The molecule has 6 heteroatoms. The molecule has 2 N–H and O–H groups in total. The minimum Gasteiger partial charge on any atom is -0.507 e. The quantitative estimate of drug-likeness (QED) is 0.246. The third-order valence-corrected chi connectivity index (χ3v) is 6.25. The van der Waals surface area contributed by atoms with Gasteiger partial charge in [-0.3, -0.25) is 4.79 Å². The number of ether oxygens (including phenoxy) is 2. The van der Waals surface area contributed by atoms with Crippen LogP contribution in [-0.4, -0.2) is 24.3 Å². The SMILES string of the molecule is COc1cc(/C=N\NC(=O)CCc2cc(C(C)(C)C)c(O)c(C(C)(C)C)c2)ccc1OCc1ccccc1. The summed E-state index contributed by atoms with van der Waals surface area (Å²) in [4.78, 5) is 12.5. The highest BCUT2D eigenvalue weighted by molar-refractivity contribution is 5.83. The topological polar surface area (TPSA) is 80.2 Å². The average molecular weight is 517 g/mol. The summed E-state index contributed by atoms with van der Waals surface area (Å²) in [5, 5.41) is 15.0. The lowest BCUT2D eigenvalue weighted by Crippen LogP contribution is -2.20. The third kappa shape index (κ3) is 7.85. The second-order valence-corrected chi connectivity index (χ2v) is 11.5. The number of carbonyl (C=O) groups is 1. The maximum Gasteiger partial charge on any atom is 0.240 e. The summed E-state index contributed by atoms with van der Waals surface area (Å²) in [5.41, 5.74) is 6.83. The van der Waals surface area contributed by atoms with Crippen LogP contribution in [0, 0.1) is 0 Å². The highest BCUT2D eigenvalue weighted by atomic mass is 16.5. The molecule has 0 heterocycles. The summed E-state index contributed by atoms with van der Waals surface area (Å²) in [5.74, 6) is 1.39. The number of aromatic hydroxyl groups is 1. The number of phenols is 1. The van der Waals surface area contributed by atoms with Crippen molar-refractivity contribution < 1.29 is 19.4 Å². The molecule has 3 aromatic carbocycles. The molecule has 0 bridgehead atoms. The number of amides is 1. The number of nitrogens with zero attached hydrogens (tertiary/aromatic N) is 1. The first kappa shape index (κ1) is 28.8. The van der Waals surface area contributed by atoms with Crippen LogP contribution in [0.25, 0.3) is 0 Å². The molecule has 0 aliphatic heterocycles. The van der Waals surface area contributed by atoms with Crippen molar-refractivity contribution in [2.75, 3.05) is 7.11 Å². The molecule has 1 amide bonds. The Kier molecular flexibility index (Phi) is 9.21. The molecule has 0 saturated heterocycles. The van der Waals surface area contributed by atoms with Crippen LogP contribution in [0.1, 0.15) is 75.8 Å². The molecule has 202 valence electrons. The molecule has 0 atom stereocenters. The fraction of sp³-hybridized carbons (Fsp3) is 0.375. The van der Waals surface area contributed by atoms with Crippen LogP contribution in [-0.2, 0) is 28.7 Å². The monoisotopic (exact) mass is 516 g/mol. The standard InChI is InChI=1S/C32H40N2O4/c1-31(2,3)25-17-23(18-26(30(25)36)32(4,5)6)14-16-29(35)34-33-20-24-13-15-27(28(19-24)37-7)38-21-22-11-9-8-10-12-22/h8-13,15,17-20,36H,14,16,21H2,1-7H3,(H,34,35)/b33-20-. The summed E-state index contributed by atoms with van der Waals surface area (Å²) in [6.07, 6.45) is 2.41. The molecule has 3 aromatic rings. The average Bonchev–Trinajstić information content (AvgIpc) is 2.86. The molecule has 0 saturated carbocycles. The smallest absolute Gasteiger partial charge is 0.240 e. The summed E-state index contributed by atoms with van der Waals surface area (Å²) < 4.78 is 11.4. The normalized spacial score (nSPS) is 12.0. The minimum absolute atomic E-state index is 0.182. The Labute approximate surface area is 226 Å². The van der Waals surface area contributed by atoms with E-state index in [1.807, 2.05) is 60.7 Å². The van der Waals surface area contributed by atoms with E-state index in [0.717, 1.165) is 27.8 Å². The van der Waals surface area contributed by atoms with E-state index in [0.29, 0.717) is 30.3 Å². The van der Waals surface area contributed by atoms with Gasteiger partial charge in [0.15, 0.2) is 11.5 Å². The molecule has 0 radical (unpaired) electrons. The van der Waals surface area contributed by atoms with E-state index >= 15 is 0 Å². The number of phenolic OH excluding ortho intramolecular Hbond substituents is 1. The van der Waals surface area contributed by atoms with Crippen LogP contribution >= 0.6 is 0 Å². The first-order valence-corrected chi connectivity index (χ1v) is 12.9. The van der Waals surface area contributed by atoms with Crippen molar-refractivity contribution >= 4 is 12.1 Å². The highest BCUT2D eigenvalue weighted by Gasteiger charge is 2.26. The molecule has 0 unspecified atom stereocenters. The highest BCUT2D eigenvalue weighted by Crippen LogP contribution is 2.40. The molecular weight excluding hydrogens is 476 g/mol. The number of hydrogen-bond donors (Lipinski definition) is 2. The zero-order valence-electron chi connectivity index (χ0n) is 23.6. The van der Waals surface area contributed by atoms with Gasteiger partial charge in [0.05, 0.1) is 13.3 Å². The number of nitrogens with one attached hydrogen (secondary N) is 1. The second kappa shape index (κ2) is 12.2. The van der Waals surface area contributed by atoms with Gasteiger partial charge < -0.3 is 14.6 Å². The van der Waals surface area contributed by atoms with Crippen LogP contribution in [0.5, 0.6) is 17.2 Å². The Morgan fingerprint density at radius 3 is 2.11 bits per heavy atom. The molecule has 38 heavy (non-hydrogen) atoms. The summed E-state index contributed by atoms with van der Waals surface area (Å²) in [7, 11) is 1.59. The summed E-state index contributed by atoms with van der Waals surface area (Å²) in [6, 6.07) is 19.4. The van der Waals surface area contributed by atoms with Gasteiger partial charge in [-0.25, -0.2) is 5.43 Å². The molecule has 3 rings (SSSR count). The number of methoxy groups -OCH3 is 1. The maximum absolute atomic E-state index is 12.5. The Morgan fingerprint density at radius 1 is 0.895 bits per heavy atom. The molecule has 0 fully saturated rings. The van der Waals surface area contributed by atoms with Crippen molar-refractivity contribution in [3.63, 3.8) is 0 Å². The molecule has 0 aliphatic carbocycles. The van der Waals surface area contributed by atoms with Crippen LogP contribution in [0.3, 0.4) is 0 Å². The van der Waals surface area contributed by atoms with E-state index in [-0.39, 0.29) is 23.2 Å². The summed E-state index contributed by atoms with van der Waals surface area (Å²) in [6.45, 7) is 12.9. The lowest BCUT2D eigenvalue weighted by atomic mass is 9.78. The van der Waals surface area contributed by atoms with Crippen molar-refractivity contribution in [1.29, 1.82) is 0 Å². The van der Waals surface area contributed by atoms with Gasteiger partial charge in [-0.2, -0.15) is 5.10 Å². The van der Waals surface area contributed by atoms with Crippen LogP contribution < -0.4 is 14.9 Å². The fourth-order valence-corrected chi connectivity index (χ4v) is 4.09. The van der Waals surface area contributed by atoms with E-state index in [1.165, 1.54) is 0 Å². The zero-order chi connectivity index (χ0) is 27.9.